The molecule has 0 amide bonds. The van der Waals surface area contributed by atoms with Crippen LogP contribution in [0, 0.1) is 5.41 Å². The fourth-order valence-corrected chi connectivity index (χ4v) is 3.51. The van der Waals surface area contributed by atoms with Crippen LogP contribution in [-0.4, -0.2) is 54.7 Å². The first kappa shape index (κ1) is 17.2. The van der Waals surface area contributed by atoms with E-state index in [4.69, 9.17) is 15.9 Å². The molecule has 0 spiro atoms. The molecule has 10 nitrogen and oxygen atoms in total. The minimum Gasteiger partial charge on any atom is -0.398 e. The molecule has 0 aromatic carbocycles. The first-order chi connectivity index (χ1) is 13.2. The van der Waals surface area contributed by atoms with Gasteiger partial charge in [-0.05, 0) is 6.07 Å². The summed E-state index contributed by atoms with van der Waals surface area (Å²) in [7, 11) is 1.66. The molecular formula is C16H17N9OS. The van der Waals surface area contributed by atoms with Crippen LogP contribution >= 0.6 is 11.3 Å². The van der Waals surface area contributed by atoms with Crippen LogP contribution in [0.4, 0.5) is 5.69 Å². The normalized spacial score (nSPS) is 11.3. The van der Waals surface area contributed by atoms with E-state index in [2.05, 4.69) is 25.4 Å². The Balaban J connectivity index is 1.64. The van der Waals surface area contributed by atoms with Crippen LogP contribution < -0.4 is 5.73 Å². The molecule has 0 saturated carbocycles. The van der Waals surface area contributed by atoms with Crippen molar-refractivity contribution in [2.24, 2.45) is 0 Å². The van der Waals surface area contributed by atoms with Gasteiger partial charge in [0.25, 0.3) is 0 Å². The summed E-state index contributed by atoms with van der Waals surface area (Å²) in [6.45, 7) is 1.72. The number of anilines is 1. The number of rotatable bonds is 7. The number of nitrogen functional groups attached to an aromatic ring is 1. The van der Waals surface area contributed by atoms with Gasteiger partial charge in [-0.25, -0.2) is 14.6 Å². The van der Waals surface area contributed by atoms with Crippen molar-refractivity contribution >= 4 is 34.5 Å². The average Bonchev–Trinajstić information content (AvgIpc) is 3.39. The largest absolute Gasteiger partial charge is 0.398 e. The Morgan fingerprint density at radius 3 is 3.04 bits per heavy atom. The van der Waals surface area contributed by atoms with Gasteiger partial charge in [0, 0.05) is 30.0 Å². The Hall–Kier alpha value is -3.18. The van der Waals surface area contributed by atoms with Crippen molar-refractivity contribution in [3.05, 3.63) is 34.4 Å². The van der Waals surface area contributed by atoms with Gasteiger partial charge >= 0.3 is 0 Å². The van der Waals surface area contributed by atoms with Crippen molar-refractivity contribution in [1.82, 2.24) is 34.7 Å². The molecule has 11 heteroatoms. The topological polar surface area (TPSA) is 133 Å². The number of hydrogen-bond donors (Lipinski definition) is 2. The maximum Gasteiger partial charge on any atom is 0.221 e. The highest BCUT2D eigenvalue weighted by Gasteiger charge is 2.13. The van der Waals surface area contributed by atoms with Crippen LogP contribution in [0.3, 0.4) is 0 Å². The quantitative estimate of drug-likeness (QED) is 0.461. The molecular weight excluding hydrogens is 366 g/mol. The number of nitrogens with two attached hydrogens (primary N) is 1. The van der Waals surface area contributed by atoms with E-state index >= 15 is 0 Å². The van der Waals surface area contributed by atoms with Gasteiger partial charge in [-0.15, -0.1) is 16.4 Å². The zero-order valence-corrected chi connectivity index (χ0v) is 15.3. The maximum atomic E-state index is 7.38. The highest BCUT2D eigenvalue weighted by Crippen LogP contribution is 2.24. The molecule has 4 aromatic heterocycles. The predicted octanol–water partition coefficient (Wildman–Crippen LogP) is 1.42. The summed E-state index contributed by atoms with van der Waals surface area (Å²) in [6, 6.07) is 1.84. The lowest BCUT2D eigenvalue weighted by Gasteiger charge is -2.01. The van der Waals surface area contributed by atoms with Crippen LogP contribution in [0.5, 0.6) is 0 Å². The van der Waals surface area contributed by atoms with Gasteiger partial charge in [-0.1, -0.05) is 5.21 Å². The minimum atomic E-state index is 0.463. The predicted molar refractivity (Wildman–Crippen MR) is 102 cm³/mol. The summed E-state index contributed by atoms with van der Waals surface area (Å²) in [4.78, 5) is 10.7. The standard InChI is InChI=1S/C16H17N9OS/c1-26-3-2-24-8-10(6-20-24)13-7-19-15-16(21-13)25(23-22-15)9-11-4-12(18)14(5-17)27-11/h4-8,17H,2-3,9,18H2,1H3. The molecule has 4 heterocycles. The molecule has 0 aliphatic rings. The minimum absolute atomic E-state index is 0.463. The molecule has 138 valence electrons. The number of nitrogens with one attached hydrogen (secondary N) is 1. The average molecular weight is 383 g/mol. The Labute approximate surface area is 158 Å². The SMILES string of the molecule is COCCn1cc(-c2cnc3nnn(Cc4cc(N)c(C=N)s4)c3n2)cn1. The van der Waals surface area contributed by atoms with E-state index in [1.165, 1.54) is 17.6 Å². The Bertz CT molecular complexity index is 1100. The van der Waals surface area contributed by atoms with E-state index in [1.54, 1.807) is 28.9 Å². The summed E-state index contributed by atoms with van der Waals surface area (Å²) < 4.78 is 8.55. The fourth-order valence-electron chi connectivity index (χ4n) is 2.62. The van der Waals surface area contributed by atoms with Crippen molar-refractivity contribution in [2.75, 3.05) is 19.5 Å². The molecule has 0 saturated heterocycles. The monoisotopic (exact) mass is 383 g/mol. The summed E-state index contributed by atoms with van der Waals surface area (Å²) >= 11 is 1.45. The zero-order chi connectivity index (χ0) is 18.8. The molecule has 0 aliphatic carbocycles. The third-order valence-corrected chi connectivity index (χ3v) is 5.04. The first-order valence-corrected chi connectivity index (χ1v) is 8.96. The lowest BCUT2D eigenvalue weighted by atomic mass is 10.3. The van der Waals surface area contributed by atoms with Crippen LogP contribution in [-0.2, 0) is 17.8 Å². The van der Waals surface area contributed by atoms with Gasteiger partial charge in [-0.2, -0.15) is 5.10 Å². The fraction of sp³-hybridized carbons (Fsp3) is 0.250. The van der Waals surface area contributed by atoms with E-state index in [9.17, 15) is 0 Å². The van der Waals surface area contributed by atoms with Crippen molar-refractivity contribution < 1.29 is 4.74 Å². The highest BCUT2D eigenvalue weighted by molar-refractivity contribution is 7.14. The van der Waals surface area contributed by atoms with Gasteiger partial charge in [0.1, 0.15) is 0 Å². The number of methoxy groups -OCH3 is 1. The third kappa shape index (κ3) is 3.41. The van der Waals surface area contributed by atoms with Gasteiger partial charge in [-0.3, -0.25) is 4.68 Å². The van der Waals surface area contributed by atoms with Crippen LogP contribution in [0.2, 0.25) is 0 Å². The number of ether oxygens (including phenoxy) is 1. The second kappa shape index (κ2) is 7.21. The maximum absolute atomic E-state index is 7.38. The Morgan fingerprint density at radius 2 is 2.26 bits per heavy atom. The van der Waals surface area contributed by atoms with Crippen molar-refractivity contribution in [2.45, 2.75) is 13.1 Å². The smallest absolute Gasteiger partial charge is 0.221 e. The van der Waals surface area contributed by atoms with E-state index in [1.807, 2.05) is 12.3 Å². The number of nitrogens with zero attached hydrogens (tertiary/aromatic N) is 7. The van der Waals surface area contributed by atoms with Crippen molar-refractivity contribution in [3.8, 4) is 11.3 Å². The number of fused-ring (bicyclic) bond motifs is 1. The van der Waals surface area contributed by atoms with E-state index in [-0.39, 0.29) is 0 Å². The Morgan fingerprint density at radius 1 is 1.37 bits per heavy atom. The van der Waals surface area contributed by atoms with E-state index in [0.717, 1.165) is 15.3 Å². The lowest BCUT2D eigenvalue weighted by molar-refractivity contribution is 0.183. The van der Waals surface area contributed by atoms with Gasteiger partial charge in [0.15, 0.2) is 5.65 Å². The molecule has 0 radical (unpaired) electrons. The first-order valence-electron chi connectivity index (χ1n) is 8.14. The third-order valence-electron chi connectivity index (χ3n) is 3.96. The van der Waals surface area contributed by atoms with Gasteiger partial charge in [0.2, 0.25) is 5.65 Å². The van der Waals surface area contributed by atoms with E-state index in [0.29, 0.717) is 42.4 Å². The molecule has 27 heavy (non-hydrogen) atoms. The number of thiophene rings is 1. The molecule has 0 fully saturated rings. The summed E-state index contributed by atoms with van der Waals surface area (Å²) in [6.07, 6.45) is 6.56. The van der Waals surface area contributed by atoms with Crippen LogP contribution in [0.15, 0.2) is 24.7 Å². The summed E-state index contributed by atoms with van der Waals surface area (Å²) in [5.41, 5.74) is 9.10. The molecule has 0 aliphatic heterocycles. The van der Waals surface area contributed by atoms with E-state index < -0.39 is 0 Å². The molecule has 0 bridgehead atoms. The van der Waals surface area contributed by atoms with Gasteiger partial charge < -0.3 is 15.9 Å². The number of aromatic nitrogens is 7. The lowest BCUT2D eigenvalue weighted by Crippen LogP contribution is -2.04. The second-order valence-corrected chi connectivity index (χ2v) is 6.98. The molecule has 4 aromatic rings. The van der Waals surface area contributed by atoms with Crippen LogP contribution in [0.1, 0.15) is 9.75 Å². The second-order valence-electron chi connectivity index (χ2n) is 5.81. The van der Waals surface area contributed by atoms with Crippen molar-refractivity contribution in [1.29, 1.82) is 5.41 Å². The van der Waals surface area contributed by atoms with Crippen LogP contribution in [0.25, 0.3) is 22.6 Å². The van der Waals surface area contributed by atoms with Crippen molar-refractivity contribution in [3.63, 3.8) is 0 Å². The molecule has 4 rings (SSSR count). The highest BCUT2D eigenvalue weighted by atomic mass is 32.1. The zero-order valence-electron chi connectivity index (χ0n) is 14.5. The number of hydrogen-bond acceptors (Lipinski definition) is 9. The molecule has 0 unspecified atom stereocenters. The van der Waals surface area contributed by atoms with Gasteiger partial charge in [0.05, 0.1) is 48.3 Å². The summed E-state index contributed by atoms with van der Waals surface area (Å²) in [5, 5.41) is 19.9. The summed E-state index contributed by atoms with van der Waals surface area (Å²) in [5.74, 6) is 0. The Kier molecular flexibility index (Phi) is 4.60. The molecule has 3 N–H and O–H groups in total. The molecule has 0 atom stereocenters.